The topological polar surface area (TPSA) is 48.9 Å². The number of nitrogens with one attached hydrogen (secondary N) is 1. The molecule has 3 nitrogen and oxygen atoms in total. The van der Waals surface area contributed by atoms with Crippen molar-refractivity contribution in [2.75, 3.05) is 0 Å². The minimum absolute atomic E-state index is 0. The number of aromatic amines is 1. The molecule has 0 amide bonds. The Kier molecular flexibility index (Phi) is 4.12. The summed E-state index contributed by atoms with van der Waals surface area (Å²) in [6.45, 7) is 0. The van der Waals surface area contributed by atoms with Crippen LogP contribution in [0.1, 0.15) is 29.2 Å². The lowest BCUT2D eigenvalue weighted by Gasteiger charge is -2.11. The van der Waals surface area contributed by atoms with Gasteiger partial charge in [-0.05, 0) is 64.4 Å². The van der Waals surface area contributed by atoms with Crippen molar-refractivity contribution in [3.05, 3.63) is 46.0 Å². The zero-order chi connectivity index (χ0) is 11.8. The van der Waals surface area contributed by atoms with Crippen molar-refractivity contribution < 1.29 is 5.11 Å². The van der Waals surface area contributed by atoms with Gasteiger partial charge in [0.2, 0.25) is 0 Å². The van der Waals surface area contributed by atoms with Gasteiger partial charge in [-0.3, -0.25) is 0 Å². The molecule has 1 heterocycles. The van der Waals surface area contributed by atoms with Crippen LogP contribution in [0.2, 0.25) is 0 Å². The SMILES string of the molecule is Br.Oc1cc2c(cc1Br)CCC2Cc1cnc[nH]1. The predicted molar refractivity (Wildman–Crippen MR) is 79.5 cm³/mol. The molecule has 1 unspecified atom stereocenters. The number of aryl methyl sites for hydroxylation is 1. The predicted octanol–water partition coefficient (Wildman–Crippen LogP) is 3.73. The van der Waals surface area contributed by atoms with E-state index in [0.29, 0.717) is 11.7 Å². The minimum atomic E-state index is 0. The highest BCUT2D eigenvalue weighted by Crippen LogP contribution is 2.40. The summed E-state index contributed by atoms with van der Waals surface area (Å²) in [5.74, 6) is 0.824. The number of benzene rings is 1. The summed E-state index contributed by atoms with van der Waals surface area (Å²) in [6.07, 6.45) is 6.78. The lowest BCUT2D eigenvalue weighted by atomic mass is 9.96. The second-order valence-electron chi connectivity index (χ2n) is 4.52. The highest BCUT2D eigenvalue weighted by atomic mass is 79.9. The summed E-state index contributed by atoms with van der Waals surface area (Å²) in [6, 6.07) is 3.94. The van der Waals surface area contributed by atoms with E-state index in [1.807, 2.05) is 18.3 Å². The maximum Gasteiger partial charge on any atom is 0.130 e. The van der Waals surface area contributed by atoms with Crippen LogP contribution < -0.4 is 0 Å². The van der Waals surface area contributed by atoms with Gasteiger partial charge in [-0.1, -0.05) is 0 Å². The Hall–Kier alpha value is -0.810. The highest BCUT2D eigenvalue weighted by Gasteiger charge is 2.24. The maximum atomic E-state index is 9.76. The van der Waals surface area contributed by atoms with Gasteiger partial charge in [-0.2, -0.15) is 0 Å². The van der Waals surface area contributed by atoms with Crippen LogP contribution in [-0.2, 0) is 12.8 Å². The number of nitrogens with zero attached hydrogens (tertiary/aromatic N) is 1. The third kappa shape index (κ3) is 2.47. The molecule has 18 heavy (non-hydrogen) atoms. The second kappa shape index (κ2) is 5.45. The zero-order valence-corrected chi connectivity index (χ0v) is 13.0. The van der Waals surface area contributed by atoms with E-state index in [1.165, 1.54) is 11.1 Å². The van der Waals surface area contributed by atoms with Crippen molar-refractivity contribution in [1.82, 2.24) is 9.97 Å². The second-order valence-corrected chi connectivity index (χ2v) is 5.37. The molecule has 3 rings (SSSR count). The van der Waals surface area contributed by atoms with Gasteiger partial charge in [0, 0.05) is 11.9 Å². The summed E-state index contributed by atoms with van der Waals surface area (Å²) in [5.41, 5.74) is 3.78. The van der Waals surface area contributed by atoms with Crippen LogP contribution in [0.4, 0.5) is 0 Å². The van der Waals surface area contributed by atoms with Gasteiger partial charge in [-0.15, -0.1) is 17.0 Å². The molecule has 2 N–H and O–H groups in total. The van der Waals surface area contributed by atoms with Gasteiger partial charge in [-0.25, -0.2) is 4.98 Å². The zero-order valence-electron chi connectivity index (χ0n) is 9.69. The van der Waals surface area contributed by atoms with E-state index in [0.717, 1.165) is 29.4 Å². The molecule has 0 fully saturated rings. The van der Waals surface area contributed by atoms with E-state index in [1.54, 1.807) is 6.33 Å². The Morgan fingerprint density at radius 3 is 3.00 bits per heavy atom. The van der Waals surface area contributed by atoms with Crippen molar-refractivity contribution in [3.8, 4) is 5.75 Å². The summed E-state index contributed by atoms with van der Waals surface area (Å²) < 4.78 is 0.790. The highest BCUT2D eigenvalue weighted by molar-refractivity contribution is 9.10. The van der Waals surface area contributed by atoms with Crippen LogP contribution >= 0.6 is 32.9 Å². The lowest BCUT2D eigenvalue weighted by Crippen LogP contribution is -1.99. The molecule has 0 radical (unpaired) electrons. The number of halogens is 2. The van der Waals surface area contributed by atoms with E-state index in [2.05, 4.69) is 25.9 Å². The Balaban J connectivity index is 0.00000120. The molecule has 0 spiro atoms. The van der Waals surface area contributed by atoms with Crippen LogP contribution in [0.5, 0.6) is 5.75 Å². The van der Waals surface area contributed by atoms with Gasteiger partial charge in [0.15, 0.2) is 0 Å². The molecule has 1 aromatic carbocycles. The standard InChI is InChI=1S/C13H13BrN2O.BrH/c14-12-4-9-2-1-8(11(9)5-13(12)17)3-10-6-15-7-16-10;/h4-8,17H,1-3H2,(H,15,16);1H. The normalized spacial score (nSPS) is 17.3. The number of rotatable bonds is 2. The summed E-state index contributed by atoms with van der Waals surface area (Å²) in [5, 5.41) is 9.76. The van der Waals surface area contributed by atoms with Crippen molar-refractivity contribution in [1.29, 1.82) is 0 Å². The Morgan fingerprint density at radius 2 is 2.28 bits per heavy atom. The summed E-state index contributed by atoms with van der Waals surface area (Å²) in [4.78, 5) is 7.18. The van der Waals surface area contributed by atoms with Gasteiger partial charge in [0.1, 0.15) is 5.75 Å². The van der Waals surface area contributed by atoms with E-state index in [9.17, 15) is 5.11 Å². The Labute approximate surface area is 125 Å². The first-order valence-electron chi connectivity index (χ1n) is 5.72. The molecule has 2 aromatic rings. The van der Waals surface area contributed by atoms with E-state index in [-0.39, 0.29) is 17.0 Å². The fourth-order valence-corrected chi connectivity index (χ4v) is 2.97. The number of hydrogen-bond acceptors (Lipinski definition) is 2. The number of aromatic hydroxyl groups is 1. The number of imidazole rings is 1. The number of H-pyrrole nitrogens is 1. The van der Waals surface area contributed by atoms with Crippen LogP contribution in [0, 0.1) is 0 Å². The monoisotopic (exact) mass is 372 g/mol. The molecule has 1 atom stereocenters. The number of hydrogen-bond donors (Lipinski definition) is 2. The maximum absolute atomic E-state index is 9.76. The molecule has 0 saturated heterocycles. The largest absolute Gasteiger partial charge is 0.507 e. The third-order valence-electron chi connectivity index (χ3n) is 3.43. The first kappa shape index (κ1) is 13.6. The molecular weight excluding hydrogens is 360 g/mol. The number of aromatic nitrogens is 2. The molecule has 0 bridgehead atoms. The first-order valence-corrected chi connectivity index (χ1v) is 6.52. The van der Waals surface area contributed by atoms with Gasteiger partial charge < -0.3 is 10.1 Å². The molecule has 5 heteroatoms. The van der Waals surface area contributed by atoms with Crippen molar-refractivity contribution in [2.24, 2.45) is 0 Å². The summed E-state index contributed by atoms with van der Waals surface area (Å²) >= 11 is 3.36. The third-order valence-corrected chi connectivity index (χ3v) is 4.07. The molecular formula is C13H14Br2N2O. The fraction of sp³-hybridized carbons (Fsp3) is 0.308. The number of phenols is 1. The van der Waals surface area contributed by atoms with Crippen LogP contribution in [0.25, 0.3) is 0 Å². The van der Waals surface area contributed by atoms with Crippen molar-refractivity contribution in [3.63, 3.8) is 0 Å². The van der Waals surface area contributed by atoms with Crippen molar-refractivity contribution >= 4 is 32.9 Å². The van der Waals surface area contributed by atoms with E-state index < -0.39 is 0 Å². The Morgan fingerprint density at radius 1 is 1.44 bits per heavy atom. The van der Waals surface area contributed by atoms with Gasteiger partial charge >= 0.3 is 0 Å². The smallest absolute Gasteiger partial charge is 0.130 e. The number of phenolic OH excluding ortho intramolecular Hbond substituents is 1. The molecule has 1 aromatic heterocycles. The molecule has 0 saturated carbocycles. The van der Waals surface area contributed by atoms with Gasteiger partial charge in [0.05, 0.1) is 10.8 Å². The number of fused-ring (bicyclic) bond motifs is 1. The van der Waals surface area contributed by atoms with E-state index >= 15 is 0 Å². The molecule has 1 aliphatic rings. The molecule has 1 aliphatic carbocycles. The van der Waals surface area contributed by atoms with Crippen LogP contribution in [-0.4, -0.2) is 15.1 Å². The van der Waals surface area contributed by atoms with Crippen molar-refractivity contribution in [2.45, 2.75) is 25.2 Å². The first-order chi connectivity index (χ1) is 8.24. The fourth-order valence-electron chi connectivity index (χ4n) is 2.57. The quantitative estimate of drug-likeness (QED) is 0.842. The average Bonchev–Trinajstić information content (AvgIpc) is 2.92. The van der Waals surface area contributed by atoms with Crippen LogP contribution in [0.15, 0.2) is 29.1 Å². The minimum Gasteiger partial charge on any atom is -0.507 e. The Bertz CT molecular complexity index is 540. The van der Waals surface area contributed by atoms with Gasteiger partial charge in [0.25, 0.3) is 0 Å². The molecule has 0 aliphatic heterocycles. The van der Waals surface area contributed by atoms with Crippen LogP contribution in [0.3, 0.4) is 0 Å². The summed E-state index contributed by atoms with van der Waals surface area (Å²) in [7, 11) is 0. The molecule has 96 valence electrons. The van der Waals surface area contributed by atoms with E-state index in [4.69, 9.17) is 0 Å². The lowest BCUT2D eigenvalue weighted by molar-refractivity contribution is 0.470. The average molecular weight is 374 g/mol.